The molecule has 0 N–H and O–H groups in total. The molecule has 2 aromatic carbocycles. The first-order valence-corrected chi connectivity index (χ1v) is 8.10. The van der Waals surface area contributed by atoms with Crippen molar-refractivity contribution in [3.05, 3.63) is 71.3 Å². The summed E-state index contributed by atoms with van der Waals surface area (Å²) in [6.07, 6.45) is 5.01. The van der Waals surface area contributed by atoms with Crippen LogP contribution in [0.1, 0.15) is 23.1 Å². The lowest BCUT2D eigenvalue weighted by Crippen LogP contribution is -2.30. The number of hydrogen-bond donors (Lipinski definition) is 0. The molecule has 0 heterocycles. The molecule has 1 nitrogen and oxygen atoms in total. The van der Waals surface area contributed by atoms with Crippen molar-refractivity contribution in [3.63, 3.8) is 0 Å². The van der Waals surface area contributed by atoms with Crippen molar-refractivity contribution in [2.75, 3.05) is 20.1 Å². The van der Waals surface area contributed by atoms with Crippen LogP contribution in [0.25, 0.3) is 0 Å². The van der Waals surface area contributed by atoms with Crippen LogP contribution in [0.15, 0.2) is 54.6 Å². The normalized spacial score (nSPS) is 17.7. The summed E-state index contributed by atoms with van der Waals surface area (Å²) in [6.45, 7) is 2.38. The first-order chi connectivity index (χ1) is 10.3. The van der Waals surface area contributed by atoms with Gasteiger partial charge in [-0.3, -0.25) is 0 Å². The van der Waals surface area contributed by atoms with Crippen molar-refractivity contribution in [2.45, 2.75) is 25.7 Å². The Labute approximate surface area is 128 Å². The van der Waals surface area contributed by atoms with Crippen molar-refractivity contribution in [2.24, 2.45) is 5.92 Å². The van der Waals surface area contributed by atoms with Crippen LogP contribution in [-0.4, -0.2) is 25.0 Å². The van der Waals surface area contributed by atoms with E-state index in [1.54, 1.807) is 11.1 Å². The second-order valence-corrected chi connectivity index (χ2v) is 6.38. The molecule has 0 radical (unpaired) electrons. The number of benzene rings is 2. The molecule has 110 valence electrons. The lowest BCUT2D eigenvalue weighted by molar-refractivity contribution is 0.263. The monoisotopic (exact) mass is 279 g/mol. The molecule has 3 rings (SSSR count). The van der Waals surface area contributed by atoms with Gasteiger partial charge in [0, 0.05) is 13.1 Å². The maximum atomic E-state index is 2.51. The molecular weight excluding hydrogens is 254 g/mol. The molecule has 2 aromatic rings. The molecule has 1 atom stereocenters. The number of aryl methyl sites for hydroxylation is 1. The van der Waals surface area contributed by atoms with E-state index in [1.165, 1.54) is 31.4 Å². The van der Waals surface area contributed by atoms with E-state index in [0.717, 1.165) is 18.9 Å². The summed E-state index contributed by atoms with van der Waals surface area (Å²) in [7, 11) is 2.27. The van der Waals surface area contributed by atoms with E-state index in [2.05, 4.69) is 66.5 Å². The van der Waals surface area contributed by atoms with Crippen molar-refractivity contribution in [3.8, 4) is 0 Å². The summed E-state index contributed by atoms with van der Waals surface area (Å²) < 4.78 is 0. The van der Waals surface area contributed by atoms with Gasteiger partial charge in [-0.05, 0) is 55.3 Å². The highest BCUT2D eigenvalue weighted by atomic mass is 15.1. The first-order valence-electron chi connectivity index (χ1n) is 8.10. The van der Waals surface area contributed by atoms with Crippen molar-refractivity contribution < 1.29 is 0 Å². The predicted molar refractivity (Wildman–Crippen MR) is 89.6 cm³/mol. The number of fused-ring (bicyclic) bond motifs is 1. The molecule has 0 amide bonds. The molecule has 0 aromatic heterocycles. The highest BCUT2D eigenvalue weighted by Crippen LogP contribution is 2.25. The highest BCUT2D eigenvalue weighted by Gasteiger charge is 2.19. The maximum absolute atomic E-state index is 2.51. The average molecular weight is 279 g/mol. The second-order valence-electron chi connectivity index (χ2n) is 6.38. The summed E-state index contributed by atoms with van der Waals surface area (Å²) >= 11 is 0. The minimum absolute atomic E-state index is 0.820. The summed E-state index contributed by atoms with van der Waals surface area (Å²) in [5, 5.41) is 0. The predicted octanol–water partition coefficient (Wildman–Crippen LogP) is 3.97. The Morgan fingerprint density at radius 2 is 1.67 bits per heavy atom. The van der Waals surface area contributed by atoms with Crippen LogP contribution in [-0.2, 0) is 19.3 Å². The van der Waals surface area contributed by atoms with Crippen LogP contribution in [0, 0.1) is 5.92 Å². The third-order valence-electron chi connectivity index (χ3n) is 4.64. The smallest absolute Gasteiger partial charge is 0.00189 e. The molecule has 21 heavy (non-hydrogen) atoms. The molecule has 0 aliphatic heterocycles. The Balaban J connectivity index is 1.49. The zero-order valence-corrected chi connectivity index (χ0v) is 13.0. The van der Waals surface area contributed by atoms with Gasteiger partial charge in [0.05, 0.1) is 0 Å². The Kier molecular flexibility index (Phi) is 4.72. The zero-order chi connectivity index (χ0) is 14.5. The SMILES string of the molecule is CN(CCc1ccccc1)CC1CCc2ccccc2C1. The molecule has 0 spiro atoms. The molecule has 0 saturated heterocycles. The van der Waals surface area contributed by atoms with Crippen LogP contribution >= 0.6 is 0 Å². The number of hydrogen-bond acceptors (Lipinski definition) is 1. The van der Waals surface area contributed by atoms with Crippen LogP contribution in [0.5, 0.6) is 0 Å². The van der Waals surface area contributed by atoms with E-state index in [9.17, 15) is 0 Å². The Morgan fingerprint density at radius 1 is 0.952 bits per heavy atom. The molecule has 1 aliphatic rings. The van der Waals surface area contributed by atoms with E-state index in [0.29, 0.717) is 0 Å². The van der Waals surface area contributed by atoms with Gasteiger partial charge in [0.15, 0.2) is 0 Å². The summed E-state index contributed by atoms with van der Waals surface area (Å²) in [6, 6.07) is 19.8. The maximum Gasteiger partial charge on any atom is 0.00189 e. The molecule has 0 fully saturated rings. The summed E-state index contributed by atoms with van der Waals surface area (Å²) in [5.74, 6) is 0.820. The number of nitrogens with zero attached hydrogens (tertiary/aromatic N) is 1. The Bertz CT molecular complexity index is 561. The fraction of sp³-hybridized carbons (Fsp3) is 0.400. The van der Waals surface area contributed by atoms with Crippen molar-refractivity contribution >= 4 is 0 Å². The average Bonchev–Trinajstić information content (AvgIpc) is 2.54. The van der Waals surface area contributed by atoms with Gasteiger partial charge in [-0.1, -0.05) is 54.6 Å². The summed E-state index contributed by atoms with van der Waals surface area (Å²) in [4.78, 5) is 2.51. The van der Waals surface area contributed by atoms with Gasteiger partial charge in [0.25, 0.3) is 0 Å². The number of rotatable bonds is 5. The topological polar surface area (TPSA) is 3.24 Å². The number of likely N-dealkylation sites (N-methyl/N-ethyl adjacent to an activating group) is 1. The van der Waals surface area contributed by atoms with Gasteiger partial charge in [-0.2, -0.15) is 0 Å². The van der Waals surface area contributed by atoms with E-state index in [-0.39, 0.29) is 0 Å². The lowest BCUT2D eigenvalue weighted by Gasteiger charge is -2.28. The van der Waals surface area contributed by atoms with Crippen LogP contribution in [0.2, 0.25) is 0 Å². The van der Waals surface area contributed by atoms with Gasteiger partial charge < -0.3 is 4.90 Å². The van der Waals surface area contributed by atoms with Crippen LogP contribution in [0.4, 0.5) is 0 Å². The molecule has 0 saturated carbocycles. The van der Waals surface area contributed by atoms with Crippen LogP contribution < -0.4 is 0 Å². The summed E-state index contributed by atoms with van der Waals surface area (Å²) in [5.41, 5.74) is 4.59. The van der Waals surface area contributed by atoms with E-state index in [1.807, 2.05) is 0 Å². The molecule has 1 unspecified atom stereocenters. The first kappa shape index (κ1) is 14.3. The van der Waals surface area contributed by atoms with Crippen molar-refractivity contribution in [1.29, 1.82) is 0 Å². The second kappa shape index (κ2) is 6.91. The Morgan fingerprint density at radius 3 is 2.48 bits per heavy atom. The molecule has 1 heteroatoms. The Hall–Kier alpha value is -1.60. The fourth-order valence-electron chi connectivity index (χ4n) is 3.43. The van der Waals surface area contributed by atoms with Gasteiger partial charge >= 0.3 is 0 Å². The minimum Gasteiger partial charge on any atom is -0.306 e. The van der Waals surface area contributed by atoms with Crippen molar-refractivity contribution in [1.82, 2.24) is 4.90 Å². The molecule has 0 bridgehead atoms. The third-order valence-corrected chi connectivity index (χ3v) is 4.64. The highest BCUT2D eigenvalue weighted by molar-refractivity contribution is 5.29. The molecule has 1 aliphatic carbocycles. The van der Waals surface area contributed by atoms with E-state index < -0.39 is 0 Å². The largest absolute Gasteiger partial charge is 0.306 e. The van der Waals surface area contributed by atoms with E-state index >= 15 is 0 Å². The standard InChI is InChI=1S/C20H25N/c1-21(14-13-17-7-3-2-4-8-17)16-18-11-12-19-9-5-6-10-20(19)15-18/h2-10,18H,11-16H2,1H3. The zero-order valence-electron chi connectivity index (χ0n) is 13.0. The molecular formula is C20H25N. The minimum atomic E-state index is 0.820. The van der Waals surface area contributed by atoms with Gasteiger partial charge in [-0.15, -0.1) is 0 Å². The van der Waals surface area contributed by atoms with Gasteiger partial charge in [-0.25, -0.2) is 0 Å². The van der Waals surface area contributed by atoms with Gasteiger partial charge in [0.2, 0.25) is 0 Å². The quantitative estimate of drug-likeness (QED) is 0.800. The third kappa shape index (κ3) is 3.95. The lowest BCUT2D eigenvalue weighted by atomic mass is 9.84. The van der Waals surface area contributed by atoms with Crippen LogP contribution in [0.3, 0.4) is 0 Å². The van der Waals surface area contributed by atoms with Gasteiger partial charge in [0.1, 0.15) is 0 Å². The van der Waals surface area contributed by atoms with E-state index in [4.69, 9.17) is 0 Å². The fourth-order valence-corrected chi connectivity index (χ4v) is 3.43.